The molecule has 0 radical (unpaired) electrons. The molecule has 0 N–H and O–H groups in total. The maximum atomic E-state index is 12.3. The summed E-state index contributed by atoms with van der Waals surface area (Å²) in [5, 5.41) is 0.856. The lowest BCUT2D eigenvalue weighted by Crippen LogP contribution is -2.10. The largest absolute Gasteiger partial charge is 0.461 e. The van der Waals surface area contributed by atoms with Crippen LogP contribution in [0.25, 0.3) is 11.0 Å². The molecule has 0 fully saturated rings. The molecule has 1 aliphatic carbocycles. The maximum Gasteiger partial charge on any atom is 0.336 e. The third kappa shape index (κ3) is 3.65. The molecule has 1 aromatic heterocycles. The van der Waals surface area contributed by atoms with Crippen molar-refractivity contribution >= 4 is 16.9 Å². The van der Waals surface area contributed by atoms with E-state index in [4.69, 9.17) is 9.15 Å². The number of fused-ring (bicyclic) bond motifs is 2. The Labute approximate surface area is 157 Å². The van der Waals surface area contributed by atoms with Crippen molar-refractivity contribution in [2.75, 3.05) is 0 Å². The summed E-state index contributed by atoms with van der Waals surface area (Å²) >= 11 is 0. The van der Waals surface area contributed by atoms with Gasteiger partial charge >= 0.3 is 11.6 Å². The Balaban J connectivity index is 1.53. The molecule has 0 spiro atoms. The number of aryl methyl sites for hydroxylation is 4. The first-order valence-corrected chi connectivity index (χ1v) is 9.30. The Bertz CT molecular complexity index is 1090. The van der Waals surface area contributed by atoms with Crippen molar-refractivity contribution in [2.45, 2.75) is 46.1 Å². The van der Waals surface area contributed by atoms with E-state index in [2.05, 4.69) is 6.07 Å². The molecule has 0 unspecified atom stereocenters. The van der Waals surface area contributed by atoms with Crippen molar-refractivity contribution in [1.29, 1.82) is 0 Å². The highest BCUT2D eigenvalue weighted by Gasteiger charge is 2.16. The zero-order valence-corrected chi connectivity index (χ0v) is 15.6. The number of hydrogen-bond donors (Lipinski definition) is 0. The Morgan fingerprint density at radius 1 is 1.04 bits per heavy atom. The molecular weight excluding hydrogens is 340 g/mol. The van der Waals surface area contributed by atoms with Gasteiger partial charge in [0.15, 0.2) is 0 Å². The molecule has 138 valence electrons. The van der Waals surface area contributed by atoms with Crippen molar-refractivity contribution in [3.8, 4) is 0 Å². The first-order valence-electron chi connectivity index (χ1n) is 9.30. The Kier molecular flexibility index (Phi) is 4.56. The van der Waals surface area contributed by atoms with Crippen molar-refractivity contribution < 1.29 is 13.9 Å². The lowest BCUT2D eigenvalue weighted by Gasteiger charge is -2.10. The van der Waals surface area contributed by atoms with Gasteiger partial charge < -0.3 is 9.15 Å². The van der Waals surface area contributed by atoms with Crippen LogP contribution in [0.3, 0.4) is 0 Å². The smallest absolute Gasteiger partial charge is 0.336 e. The molecule has 1 aliphatic rings. The Morgan fingerprint density at radius 2 is 1.81 bits per heavy atom. The maximum absolute atomic E-state index is 12.3. The number of esters is 1. The van der Waals surface area contributed by atoms with Crippen LogP contribution in [0.4, 0.5) is 0 Å². The molecule has 1 heterocycles. The summed E-state index contributed by atoms with van der Waals surface area (Å²) in [6.07, 6.45) is 3.40. The van der Waals surface area contributed by atoms with Gasteiger partial charge in [-0.05, 0) is 73.1 Å². The predicted molar refractivity (Wildman–Crippen MR) is 104 cm³/mol. The molecule has 3 aromatic rings. The zero-order chi connectivity index (χ0) is 19.0. The van der Waals surface area contributed by atoms with E-state index in [0.717, 1.165) is 35.8 Å². The molecule has 2 aromatic carbocycles. The fourth-order valence-corrected chi connectivity index (χ4v) is 3.70. The van der Waals surface area contributed by atoms with Gasteiger partial charge in [-0.2, -0.15) is 0 Å². The predicted octanol–water partition coefficient (Wildman–Crippen LogP) is 4.18. The lowest BCUT2D eigenvalue weighted by molar-refractivity contribution is -0.144. The average Bonchev–Trinajstić information content (AvgIpc) is 3.08. The minimum atomic E-state index is -0.416. The van der Waals surface area contributed by atoms with E-state index in [-0.39, 0.29) is 19.0 Å². The van der Waals surface area contributed by atoms with E-state index in [1.165, 1.54) is 22.8 Å². The van der Waals surface area contributed by atoms with Crippen LogP contribution in [0.2, 0.25) is 0 Å². The summed E-state index contributed by atoms with van der Waals surface area (Å²) in [4.78, 5) is 24.2. The van der Waals surface area contributed by atoms with Gasteiger partial charge in [0.25, 0.3) is 0 Å². The summed E-state index contributed by atoms with van der Waals surface area (Å²) in [5.41, 5.74) is 6.67. The van der Waals surface area contributed by atoms with E-state index in [0.29, 0.717) is 11.1 Å². The van der Waals surface area contributed by atoms with Crippen LogP contribution >= 0.6 is 0 Å². The fourth-order valence-electron chi connectivity index (χ4n) is 3.70. The van der Waals surface area contributed by atoms with Gasteiger partial charge in [0, 0.05) is 17.0 Å². The summed E-state index contributed by atoms with van der Waals surface area (Å²) in [6.45, 7) is 4.14. The lowest BCUT2D eigenvalue weighted by atomic mass is 10.0. The third-order valence-electron chi connectivity index (χ3n) is 5.35. The molecule has 27 heavy (non-hydrogen) atoms. The second-order valence-electron chi connectivity index (χ2n) is 7.32. The van der Waals surface area contributed by atoms with Gasteiger partial charge in [0.1, 0.15) is 12.2 Å². The molecule has 4 heteroatoms. The number of carbonyl (C=O) groups excluding carboxylic acids is 1. The van der Waals surface area contributed by atoms with Gasteiger partial charge in [-0.15, -0.1) is 0 Å². The molecule has 0 atom stereocenters. The van der Waals surface area contributed by atoms with E-state index in [1.54, 1.807) is 0 Å². The van der Waals surface area contributed by atoms with Gasteiger partial charge in [-0.3, -0.25) is 4.79 Å². The van der Waals surface area contributed by atoms with Gasteiger partial charge in [0.2, 0.25) is 0 Å². The monoisotopic (exact) mass is 362 g/mol. The number of ether oxygens (including phenoxy) is 1. The molecule has 0 amide bonds. The Morgan fingerprint density at radius 3 is 2.59 bits per heavy atom. The first kappa shape index (κ1) is 17.5. The van der Waals surface area contributed by atoms with Crippen LogP contribution in [-0.2, 0) is 35.4 Å². The van der Waals surface area contributed by atoms with Crippen LogP contribution in [0, 0.1) is 13.8 Å². The topological polar surface area (TPSA) is 56.5 Å². The van der Waals surface area contributed by atoms with Crippen molar-refractivity contribution in [3.05, 3.63) is 80.2 Å². The SMILES string of the molecule is Cc1ccc(CC(=O)OCc2cc(=O)oc3cc4c(cc23)CCC4)cc1C. The first-order chi connectivity index (χ1) is 13.0. The minimum absolute atomic E-state index is 0.0740. The van der Waals surface area contributed by atoms with Crippen molar-refractivity contribution in [1.82, 2.24) is 0 Å². The number of hydrogen-bond acceptors (Lipinski definition) is 4. The van der Waals surface area contributed by atoms with E-state index < -0.39 is 5.63 Å². The fraction of sp³-hybridized carbons (Fsp3) is 0.304. The van der Waals surface area contributed by atoms with Crippen LogP contribution in [-0.4, -0.2) is 5.97 Å². The average molecular weight is 362 g/mol. The van der Waals surface area contributed by atoms with Crippen LogP contribution < -0.4 is 5.63 Å². The standard InChI is InChI=1S/C23H22O4/c1-14-6-7-16(8-15(14)2)9-22(24)26-13-19-12-23(25)27-21-11-18-5-3-4-17(18)10-20(19)21/h6-8,10-12H,3-5,9,13H2,1-2H3. The minimum Gasteiger partial charge on any atom is -0.461 e. The number of rotatable bonds is 4. The summed E-state index contributed by atoms with van der Waals surface area (Å²) < 4.78 is 10.8. The van der Waals surface area contributed by atoms with Crippen LogP contribution in [0.5, 0.6) is 0 Å². The van der Waals surface area contributed by atoms with E-state index in [9.17, 15) is 9.59 Å². The second kappa shape index (κ2) is 7.03. The summed E-state index contributed by atoms with van der Waals surface area (Å²) in [5.74, 6) is -0.305. The third-order valence-corrected chi connectivity index (χ3v) is 5.35. The highest BCUT2D eigenvalue weighted by Crippen LogP contribution is 2.28. The molecule has 4 nitrogen and oxygen atoms in total. The van der Waals surface area contributed by atoms with E-state index >= 15 is 0 Å². The van der Waals surface area contributed by atoms with Gasteiger partial charge in [0.05, 0.1) is 6.42 Å². The molecular formula is C23H22O4. The second-order valence-corrected chi connectivity index (χ2v) is 7.32. The Hall–Kier alpha value is -2.88. The molecule has 0 bridgehead atoms. The van der Waals surface area contributed by atoms with Gasteiger partial charge in [-0.25, -0.2) is 4.79 Å². The van der Waals surface area contributed by atoms with Crippen molar-refractivity contribution in [3.63, 3.8) is 0 Å². The zero-order valence-electron chi connectivity index (χ0n) is 15.6. The number of carbonyl (C=O) groups is 1. The van der Waals surface area contributed by atoms with E-state index in [1.807, 2.05) is 38.1 Å². The van der Waals surface area contributed by atoms with Gasteiger partial charge in [-0.1, -0.05) is 18.2 Å². The van der Waals surface area contributed by atoms with Crippen LogP contribution in [0.15, 0.2) is 45.6 Å². The highest BCUT2D eigenvalue weighted by molar-refractivity contribution is 5.82. The summed E-state index contributed by atoms with van der Waals surface area (Å²) in [6, 6.07) is 11.4. The highest BCUT2D eigenvalue weighted by atomic mass is 16.5. The molecule has 0 saturated heterocycles. The van der Waals surface area contributed by atoms with Crippen molar-refractivity contribution in [2.24, 2.45) is 0 Å². The normalized spacial score (nSPS) is 13.0. The van der Waals surface area contributed by atoms with Crippen LogP contribution in [0.1, 0.15) is 39.8 Å². The quantitative estimate of drug-likeness (QED) is 0.516. The molecule has 0 aliphatic heterocycles. The molecule has 0 saturated carbocycles. The number of benzene rings is 2. The molecule has 4 rings (SSSR count). The summed E-state index contributed by atoms with van der Waals surface area (Å²) in [7, 11) is 0.